The summed E-state index contributed by atoms with van der Waals surface area (Å²) in [5.41, 5.74) is 0. The highest BCUT2D eigenvalue weighted by Gasteiger charge is 1.99. The Hall–Kier alpha value is -0.870. The van der Waals surface area contributed by atoms with Gasteiger partial charge in [0.15, 0.2) is 0 Å². The maximum absolute atomic E-state index is 10.9. The zero-order valence-electron chi connectivity index (χ0n) is 8.04. The lowest BCUT2D eigenvalue weighted by atomic mass is 10.5. The number of carbonyl (C=O) groups is 1. The van der Waals surface area contributed by atoms with Crippen LogP contribution in [0.15, 0.2) is 12.7 Å². The van der Waals surface area contributed by atoms with Crippen LogP contribution in [0.3, 0.4) is 0 Å². The van der Waals surface area contributed by atoms with Crippen LogP contribution in [-0.4, -0.2) is 39.4 Å². The largest absolute Gasteiger partial charge is 0.465 e. The van der Waals surface area contributed by atoms with Crippen molar-refractivity contribution in [2.45, 2.75) is 6.42 Å². The molecule has 0 aromatic heterocycles. The quantitative estimate of drug-likeness (QED) is 0.338. The first kappa shape index (κ1) is 12.1. The van der Waals surface area contributed by atoms with E-state index in [1.165, 1.54) is 0 Å². The summed E-state index contributed by atoms with van der Waals surface area (Å²) in [6.45, 7) is 5.40. The monoisotopic (exact) mass is 187 g/mol. The Kier molecular flexibility index (Phi) is 8.60. The third kappa shape index (κ3) is 9.04. The molecule has 0 amide bonds. The topological polar surface area (TPSA) is 47.6 Å². The van der Waals surface area contributed by atoms with Gasteiger partial charge in [-0.15, -0.1) is 6.58 Å². The van der Waals surface area contributed by atoms with Gasteiger partial charge in [0.1, 0.15) is 0 Å². The number of rotatable bonds is 8. The maximum Gasteiger partial charge on any atom is 0.319 e. The van der Waals surface area contributed by atoms with Gasteiger partial charge in [0.25, 0.3) is 0 Å². The zero-order chi connectivity index (χ0) is 9.94. The summed E-state index contributed by atoms with van der Waals surface area (Å²) in [5.74, 6) is -0.238. The predicted octanol–water partition coefficient (Wildman–Crippen LogP) is 0.342. The first-order chi connectivity index (χ1) is 6.31. The number of esters is 1. The van der Waals surface area contributed by atoms with Gasteiger partial charge in [0.05, 0.1) is 13.2 Å². The van der Waals surface area contributed by atoms with Gasteiger partial charge in [0.2, 0.25) is 0 Å². The SMILES string of the molecule is C=CCNCC(=O)OCCCOC. The van der Waals surface area contributed by atoms with Crippen LogP contribution < -0.4 is 5.32 Å². The van der Waals surface area contributed by atoms with Crippen LogP contribution >= 0.6 is 0 Å². The van der Waals surface area contributed by atoms with E-state index in [1.54, 1.807) is 13.2 Å². The number of ether oxygens (including phenoxy) is 2. The molecule has 0 bridgehead atoms. The van der Waals surface area contributed by atoms with Crippen molar-refractivity contribution in [3.05, 3.63) is 12.7 Å². The molecule has 76 valence electrons. The van der Waals surface area contributed by atoms with Crippen LogP contribution in [0, 0.1) is 0 Å². The van der Waals surface area contributed by atoms with E-state index in [-0.39, 0.29) is 12.5 Å². The summed E-state index contributed by atoms with van der Waals surface area (Å²) in [4.78, 5) is 10.9. The Morgan fingerprint density at radius 1 is 1.54 bits per heavy atom. The molecule has 0 radical (unpaired) electrons. The van der Waals surface area contributed by atoms with E-state index < -0.39 is 0 Å². The zero-order valence-corrected chi connectivity index (χ0v) is 8.04. The van der Waals surface area contributed by atoms with Crippen molar-refractivity contribution in [3.63, 3.8) is 0 Å². The Morgan fingerprint density at radius 2 is 2.31 bits per heavy atom. The summed E-state index contributed by atoms with van der Waals surface area (Å²) in [5, 5.41) is 2.85. The van der Waals surface area contributed by atoms with Crippen molar-refractivity contribution in [1.82, 2.24) is 5.32 Å². The van der Waals surface area contributed by atoms with Crippen LogP contribution in [0.25, 0.3) is 0 Å². The van der Waals surface area contributed by atoms with Crippen molar-refractivity contribution >= 4 is 5.97 Å². The molecule has 0 aliphatic rings. The van der Waals surface area contributed by atoms with E-state index >= 15 is 0 Å². The van der Waals surface area contributed by atoms with E-state index in [2.05, 4.69) is 11.9 Å². The van der Waals surface area contributed by atoms with Gasteiger partial charge < -0.3 is 14.8 Å². The molecule has 0 unspecified atom stereocenters. The molecule has 0 heterocycles. The number of methoxy groups -OCH3 is 1. The van der Waals surface area contributed by atoms with Crippen molar-refractivity contribution in [1.29, 1.82) is 0 Å². The lowest BCUT2D eigenvalue weighted by Crippen LogP contribution is -2.25. The summed E-state index contributed by atoms with van der Waals surface area (Å²) in [6.07, 6.45) is 2.43. The van der Waals surface area contributed by atoms with Gasteiger partial charge in [-0.1, -0.05) is 6.08 Å². The van der Waals surface area contributed by atoms with E-state index in [9.17, 15) is 4.79 Å². The average Bonchev–Trinajstić information content (AvgIpc) is 2.13. The number of hydrogen-bond acceptors (Lipinski definition) is 4. The number of carbonyl (C=O) groups excluding carboxylic acids is 1. The van der Waals surface area contributed by atoms with Crippen molar-refractivity contribution < 1.29 is 14.3 Å². The molecule has 0 aliphatic carbocycles. The summed E-state index contributed by atoms with van der Waals surface area (Å²) in [7, 11) is 1.62. The van der Waals surface area contributed by atoms with Gasteiger partial charge in [-0.3, -0.25) is 4.79 Å². The lowest BCUT2D eigenvalue weighted by molar-refractivity contribution is -0.142. The Morgan fingerprint density at radius 3 is 2.92 bits per heavy atom. The van der Waals surface area contributed by atoms with Gasteiger partial charge in [-0.05, 0) is 0 Å². The highest BCUT2D eigenvalue weighted by molar-refractivity contribution is 5.71. The second kappa shape index (κ2) is 9.22. The molecule has 0 atom stereocenters. The van der Waals surface area contributed by atoms with E-state index in [0.29, 0.717) is 19.8 Å². The molecule has 13 heavy (non-hydrogen) atoms. The summed E-state index contributed by atoms with van der Waals surface area (Å²) >= 11 is 0. The highest BCUT2D eigenvalue weighted by Crippen LogP contribution is 1.84. The van der Waals surface area contributed by atoms with Gasteiger partial charge >= 0.3 is 5.97 Å². The normalized spacial score (nSPS) is 9.62. The molecule has 0 aromatic carbocycles. The Labute approximate surface area is 78.9 Å². The molecule has 4 nitrogen and oxygen atoms in total. The Bertz CT molecular complexity index is 148. The molecule has 1 N–H and O–H groups in total. The van der Waals surface area contributed by atoms with E-state index in [0.717, 1.165) is 6.42 Å². The Balaban J connectivity index is 3.15. The van der Waals surface area contributed by atoms with Crippen LogP contribution in [0.2, 0.25) is 0 Å². The molecule has 0 saturated carbocycles. The molecule has 4 heteroatoms. The van der Waals surface area contributed by atoms with Crippen LogP contribution in [0.5, 0.6) is 0 Å². The van der Waals surface area contributed by atoms with E-state index in [1.807, 2.05) is 0 Å². The highest BCUT2D eigenvalue weighted by atomic mass is 16.5. The van der Waals surface area contributed by atoms with Crippen LogP contribution in [-0.2, 0) is 14.3 Å². The van der Waals surface area contributed by atoms with Crippen molar-refractivity contribution in [2.24, 2.45) is 0 Å². The molecule has 0 rings (SSSR count). The molecular weight excluding hydrogens is 170 g/mol. The smallest absolute Gasteiger partial charge is 0.319 e. The van der Waals surface area contributed by atoms with E-state index in [4.69, 9.17) is 9.47 Å². The second-order valence-electron chi connectivity index (χ2n) is 2.49. The molecule has 0 saturated heterocycles. The fourth-order valence-electron chi connectivity index (χ4n) is 0.717. The molecule has 0 aromatic rings. The average molecular weight is 187 g/mol. The van der Waals surface area contributed by atoms with Gasteiger partial charge in [0, 0.05) is 26.7 Å². The van der Waals surface area contributed by atoms with Crippen molar-refractivity contribution in [3.8, 4) is 0 Å². The van der Waals surface area contributed by atoms with Crippen molar-refractivity contribution in [2.75, 3.05) is 33.4 Å². The minimum atomic E-state index is -0.238. The fourth-order valence-corrected chi connectivity index (χ4v) is 0.717. The molecule has 0 aliphatic heterocycles. The fraction of sp³-hybridized carbons (Fsp3) is 0.667. The number of hydrogen-bond donors (Lipinski definition) is 1. The van der Waals surface area contributed by atoms with Crippen LogP contribution in [0.4, 0.5) is 0 Å². The van der Waals surface area contributed by atoms with Gasteiger partial charge in [-0.25, -0.2) is 0 Å². The van der Waals surface area contributed by atoms with Crippen LogP contribution in [0.1, 0.15) is 6.42 Å². The van der Waals surface area contributed by atoms with Gasteiger partial charge in [-0.2, -0.15) is 0 Å². The third-order valence-corrected chi connectivity index (χ3v) is 1.31. The minimum absolute atomic E-state index is 0.235. The summed E-state index contributed by atoms with van der Waals surface area (Å²) in [6, 6.07) is 0. The minimum Gasteiger partial charge on any atom is -0.465 e. The lowest BCUT2D eigenvalue weighted by Gasteiger charge is -2.04. The molecule has 0 spiro atoms. The number of nitrogens with one attached hydrogen (secondary N) is 1. The third-order valence-electron chi connectivity index (χ3n) is 1.31. The predicted molar refractivity (Wildman–Crippen MR) is 50.5 cm³/mol. The summed E-state index contributed by atoms with van der Waals surface area (Å²) < 4.78 is 9.68. The molecular formula is C9H17NO3. The first-order valence-corrected chi connectivity index (χ1v) is 4.27. The maximum atomic E-state index is 10.9. The molecule has 0 fully saturated rings. The first-order valence-electron chi connectivity index (χ1n) is 4.27. The standard InChI is InChI=1S/C9H17NO3/c1-3-5-10-8-9(11)13-7-4-6-12-2/h3,10H,1,4-8H2,2H3. The second-order valence-corrected chi connectivity index (χ2v) is 2.49.